The van der Waals surface area contributed by atoms with Gasteiger partial charge in [0.2, 0.25) is 0 Å². The molecule has 0 radical (unpaired) electrons. The lowest BCUT2D eigenvalue weighted by Crippen LogP contribution is -2.29. The average Bonchev–Trinajstić information content (AvgIpc) is 3.23. The number of hydrogen-bond acceptors (Lipinski definition) is 5. The fourth-order valence-corrected chi connectivity index (χ4v) is 4.03. The Morgan fingerprint density at radius 2 is 2.04 bits per heavy atom. The zero-order valence-electron chi connectivity index (χ0n) is 12.4. The Morgan fingerprint density at radius 1 is 1.22 bits per heavy atom. The molecule has 0 bridgehead atoms. The van der Waals surface area contributed by atoms with E-state index in [0.717, 1.165) is 15.0 Å². The molecule has 0 aliphatic carbocycles. The summed E-state index contributed by atoms with van der Waals surface area (Å²) in [5, 5.41) is 5.91. The topological polar surface area (TPSA) is 55.4 Å². The maximum atomic E-state index is 12.5. The van der Waals surface area contributed by atoms with Crippen LogP contribution in [0.1, 0.15) is 27.0 Å². The van der Waals surface area contributed by atoms with E-state index in [1.807, 2.05) is 47.8 Å². The van der Waals surface area contributed by atoms with Crippen molar-refractivity contribution >= 4 is 44.6 Å². The van der Waals surface area contributed by atoms with Crippen LogP contribution < -0.4 is 5.32 Å². The van der Waals surface area contributed by atoms with Crippen LogP contribution in [0.3, 0.4) is 0 Å². The van der Waals surface area contributed by atoms with Crippen molar-refractivity contribution in [3.63, 3.8) is 0 Å². The molecule has 2 aromatic heterocycles. The van der Waals surface area contributed by atoms with Crippen LogP contribution >= 0.6 is 22.7 Å². The largest absolute Gasteiger partial charge is 0.469 e. The molecule has 4 nitrogen and oxygen atoms in total. The van der Waals surface area contributed by atoms with Crippen molar-refractivity contribution in [1.82, 2.24) is 5.32 Å². The molecule has 1 unspecified atom stereocenters. The number of hydrogen-bond donors (Lipinski definition) is 1. The number of methoxy groups -OCH3 is 1. The molecule has 23 heavy (non-hydrogen) atoms. The van der Waals surface area contributed by atoms with Gasteiger partial charge in [0.15, 0.2) is 0 Å². The molecule has 3 aromatic rings. The van der Waals surface area contributed by atoms with Crippen molar-refractivity contribution in [2.24, 2.45) is 0 Å². The van der Waals surface area contributed by atoms with E-state index in [1.165, 1.54) is 29.8 Å². The summed E-state index contributed by atoms with van der Waals surface area (Å²) >= 11 is 2.95. The van der Waals surface area contributed by atoms with E-state index in [-0.39, 0.29) is 24.3 Å². The van der Waals surface area contributed by atoms with Crippen molar-refractivity contribution in [2.75, 3.05) is 7.11 Å². The number of fused-ring (bicyclic) bond motifs is 1. The quantitative estimate of drug-likeness (QED) is 0.711. The van der Waals surface area contributed by atoms with Crippen molar-refractivity contribution in [2.45, 2.75) is 12.5 Å². The second-order valence-corrected chi connectivity index (χ2v) is 7.03. The highest BCUT2D eigenvalue weighted by Gasteiger charge is 2.21. The maximum absolute atomic E-state index is 12.5. The van der Waals surface area contributed by atoms with E-state index in [2.05, 4.69) is 5.32 Å². The molecule has 1 aromatic carbocycles. The molecule has 6 heteroatoms. The minimum atomic E-state index is -0.375. The Bertz CT molecular complexity index is 790. The molecular formula is C17H15NO3S2. The second-order valence-electron chi connectivity index (χ2n) is 4.97. The molecule has 2 heterocycles. The van der Waals surface area contributed by atoms with Crippen molar-refractivity contribution in [3.8, 4) is 0 Å². The first-order chi connectivity index (χ1) is 11.2. The SMILES string of the molecule is COC(=O)CC(NC(=O)c1cc2ccccc2s1)c1cccs1. The summed E-state index contributed by atoms with van der Waals surface area (Å²) in [6.45, 7) is 0. The number of esters is 1. The smallest absolute Gasteiger partial charge is 0.307 e. The van der Waals surface area contributed by atoms with E-state index < -0.39 is 0 Å². The summed E-state index contributed by atoms with van der Waals surface area (Å²) < 4.78 is 5.80. The number of ether oxygens (including phenoxy) is 1. The van der Waals surface area contributed by atoms with Gasteiger partial charge in [0.05, 0.1) is 24.4 Å². The van der Waals surface area contributed by atoms with Crippen molar-refractivity contribution in [1.29, 1.82) is 0 Å². The third-order valence-electron chi connectivity index (χ3n) is 3.44. The summed E-state index contributed by atoms with van der Waals surface area (Å²) in [4.78, 5) is 25.7. The first-order valence-electron chi connectivity index (χ1n) is 7.07. The van der Waals surface area contributed by atoms with Crippen LogP contribution in [0, 0.1) is 0 Å². The molecule has 0 saturated carbocycles. The Kier molecular flexibility index (Phi) is 4.73. The lowest BCUT2D eigenvalue weighted by molar-refractivity contribution is -0.141. The summed E-state index contributed by atoms with van der Waals surface area (Å²) in [7, 11) is 1.35. The van der Waals surface area contributed by atoms with Gasteiger partial charge in [-0.1, -0.05) is 24.3 Å². The first-order valence-corrected chi connectivity index (χ1v) is 8.76. The number of carbonyl (C=O) groups excluding carboxylic acids is 2. The van der Waals surface area contributed by atoms with Gasteiger partial charge >= 0.3 is 5.97 Å². The van der Waals surface area contributed by atoms with Crippen LogP contribution in [-0.2, 0) is 9.53 Å². The Labute approximate surface area is 141 Å². The number of amides is 1. The second kappa shape index (κ2) is 6.93. The highest BCUT2D eigenvalue weighted by molar-refractivity contribution is 7.20. The molecule has 0 saturated heterocycles. The zero-order chi connectivity index (χ0) is 16.2. The minimum Gasteiger partial charge on any atom is -0.469 e. The fraction of sp³-hybridized carbons (Fsp3) is 0.176. The lowest BCUT2D eigenvalue weighted by atomic mass is 10.1. The van der Waals surface area contributed by atoms with Crippen molar-refractivity contribution in [3.05, 3.63) is 57.6 Å². The molecule has 0 spiro atoms. The number of benzene rings is 1. The van der Waals surface area contributed by atoms with Crippen LogP contribution in [0.2, 0.25) is 0 Å². The molecule has 0 fully saturated rings. The number of nitrogens with one attached hydrogen (secondary N) is 1. The number of thiophene rings is 2. The minimum absolute atomic E-state index is 0.119. The van der Waals surface area contributed by atoms with Gasteiger partial charge in [-0.05, 0) is 29.0 Å². The Hall–Kier alpha value is -2.18. The monoisotopic (exact) mass is 345 g/mol. The molecule has 118 valence electrons. The third-order valence-corrected chi connectivity index (χ3v) is 5.54. The summed E-state index contributed by atoms with van der Waals surface area (Å²) in [5.41, 5.74) is 0. The molecule has 1 N–H and O–H groups in total. The van der Waals surface area contributed by atoms with E-state index in [0.29, 0.717) is 4.88 Å². The van der Waals surface area contributed by atoms with E-state index in [1.54, 1.807) is 0 Å². The average molecular weight is 345 g/mol. The van der Waals surface area contributed by atoms with E-state index in [4.69, 9.17) is 4.74 Å². The number of carbonyl (C=O) groups is 2. The highest BCUT2D eigenvalue weighted by Crippen LogP contribution is 2.27. The van der Waals surface area contributed by atoms with Crippen LogP contribution in [-0.4, -0.2) is 19.0 Å². The van der Waals surface area contributed by atoms with Gasteiger partial charge in [-0.2, -0.15) is 0 Å². The summed E-state index contributed by atoms with van der Waals surface area (Å²) in [6.07, 6.45) is 0.119. The van der Waals surface area contributed by atoms with Gasteiger partial charge in [0.25, 0.3) is 5.91 Å². The fourth-order valence-electron chi connectivity index (χ4n) is 2.29. The lowest BCUT2D eigenvalue weighted by Gasteiger charge is -2.15. The predicted molar refractivity (Wildman–Crippen MR) is 93.0 cm³/mol. The first kappa shape index (κ1) is 15.7. The predicted octanol–water partition coefficient (Wildman–Crippen LogP) is 4.00. The van der Waals surface area contributed by atoms with Crippen LogP contribution in [0.5, 0.6) is 0 Å². The zero-order valence-corrected chi connectivity index (χ0v) is 14.1. The molecule has 1 amide bonds. The molecule has 1 atom stereocenters. The van der Waals surface area contributed by atoms with Gasteiger partial charge in [-0.15, -0.1) is 22.7 Å². The van der Waals surface area contributed by atoms with E-state index in [9.17, 15) is 9.59 Å². The van der Waals surface area contributed by atoms with Crippen LogP contribution in [0.25, 0.3) is 10.1 Å². The van der Waals surface area contributed by atoms with E-state index >= 15 is 0 Å². The Balaban J connectivity index is 1.81. The standard InChI is InChI=1S/C17H15NO3S2/c1-21-16(19)10-12(14-7-4-8-22-14)18-17(20)15-9-11-5-2-3-6-13(11)23-15/h2-9,12H,10H2,1H3,(H,18,20). The van der Waals surface area contributed by atoms with Crippen LogP contribution in [0.4, 0.5) is 0 Å². The van der Waals surface area contributed by atoms with Gasteiger partial charge in [-0.3, -0.25) is 9.59 Å². The van der Waals surface area contributed by atoms with Gasteiger partial charge in [-0.25, -0.2) is 0 Å². The Morgan fingerprint density at radius 3 is 2.74 bits per heavy atom. The summed E-state index contributed by atoms with van der Waals surface area (Å²) in [5.74, 6) is -0.520. The molecule has 3 rings (SSSR count). The maximum Gasteiger partial charge on any atom is 0.307 e. The number of rotatable bonds is 5. The van der Waals surface area contributed by atoms with Gasteiger partial charge < -0.3 is 10.1 Å². The normalized spacial score (nSPS) is 12.0. The van der Waals surface area contributed by atoms with Crippen molar-refractivity contribution < 1.29 is 14.3 Å². The highest BCUT2D eigenvalue weighted by atomic mass is 32.1. The van der Waals surface area contributed by atoms with Gasteiger partial charge in [0.1, 0.15) is 0 Å². The molecule has 0 aliphatic rings. The summed E-state index contributed by atoms with van der Waals surface area (Å²) in [6, 6.07) is 13.2. The van der Waals surface area contributed by atoms with Crippen LogP contribution in [0.15, 0.2) is 47.8 Å². The third kappa shape index (κ3) is 3.60. The molecule has 0 aliphatic heterocycles. The molecular weight excluding hydrogens is 330 g/mol. The van der Waals surface area contributed by atoms with Gasteiger partial charge in [0, 0.05) is 9.58 Å².